The fourth-order valence-corrected chi connectivity index (χ4v) is 2.61. The zero-order valence-corrected chi connectivity index (χ0v) is 13.0. The standard InChI is InChI=1S/C14H12Cl2F3NO3/c15-9-2-1-6(3-10(9)16)7-4-8(7)12(21)20-11(13(22)23)5-14(17,18)19/h1-3,7-8,11H,4-5H2,(H,20,21)(H,22,23). The predicted octanol–water partition coefficient (Wildman–Crippen LogP) is 3.62. The molecule has 1 aliphatic carbocycles. The summed E-state index contributed by atoms with van der Waals surface area (Å²) in [7, 11) is 0. The number of alkyl halides is 3. The van der Waals surface area contributed by atoms with E-state index in [2.05, 4.69) is 0 Å². The van der Waals surface area contributed by atoms with Crippen LogP contribution in [0, 0.1) is 5.92 Å². The first-order valence-corrected chi connectivity index (χ1v) is 7.39. The molecule has 2 rings (SSSR count). The second kappa shape index (κ2) is 6.57. The molecule has 3 atom stereocenters. The highest BCUT2D eigenvalue weighted by molar-refractivity contribution is 6.42. The molecule has 3 unspecified atom stereocenters. The highest BCUT2D eigenvalue weighted by atomic mass is 35.5. The van der Waals surface area contributed by atoms with Gasteiger partial charge in [0.2, 0.25) is 5.91 Å². The maximum Gasteiger partial charge on any atom is 0.391 e. The molecular formula is C14H12Cl2F3NO3. The molecule has 0 aliphatic heterocycles. The van der Waals surface area contributed by atoms with Crippen LogP contribution in [-0.4, -0.2) is 29.2 Å². The topological polar surface area (TPSA) is 66.4 Å². The molecule has 0 radical (unpaired) electrons. The third-order valence-corrected chi connectivity index (χ3v) is 4.29. The van der Waals surface area contributed by atoms with Crippen LogP contribution < -0.4 is 5.32 Å². The van der Waals surface area contributed by atoms with Crippen LogP contribution in [0.2, 0.25) is 10.0 Å². The molecule has 1 aromatic carbocycles. The second-order valence-electron chi connectivity index (χ2n) is 5.34. The predicted molar refractivity (Wildman–Crippen MR) is 77.5 cm³/mol. The van der Waals surface area contributed by atoms with Gasteiger partial charge in [0.05, 0.1) is 16.5 Å². The van der Waals surface area contributed by atoms with E-state index in [-0.39, 0.29) is 5.92 Å². The van der Waals surface area contributed by atoms with E-state index >= 15 is 0 Å². The van der Waals surface area contributed by atoms with Crippen LogP contribution in [0.5, 0.6) is 0 Å². The van der Waals surface area contributed by atoms with Crippen molar-refractivity contribution in [3.8, 4) is 0 Å². The summed E-state index contributed by atoms with van der Waals surface area (Å²) in [6.45, 7) is 0. The first-order chi connectivity index (χ1) is 10.6. The van der Waals surface area contributed by atoms with Crippen LogP contribution >= 0.6 is 23.2 Å². The van der Waals surface area contributed by atoms with E-state index in [9.17, 15) is 22.8 Å². The third kappa shape index (κ3) is 4.75. The minimum atomic E-state index is -4.68. The lowest BCUT2D eigenvalue weighted by atomic mass is 10.1. The van der Waals surface area contributed by atoms with Crippen LogP contribution in [-0.2, 0) is 9.59 Å². The number of aliphatic carboxylic acids is 1. The first-order valence-electron chi connectivity index (χ1n) is 6.63. The third-order valence-electron chi connectivity index (χ3n) is 3.55. The summed E-state index contributed by atoms with van der Waals surface area (Å²) in [5, 5.41) is 11.4. The minimum absolute atomic E-state index is 0.204. The van der Waals surface area contributed by atoms with Crippen LogP contribution in [0.3, 0.4) is 0 Å². The van der Waals surface area contributed by atoms with Crippen molar-refractivity contribution in [1.82, 2.24) is 5.32 Å². The molecular weight excluding hydrogens is 358 g/mol. The lowest BCUT2D eigenvalue weighted by Crippen LogP contribution is -2.44. The summed E-state index contributed by atoms with van der Waals surface area (Å²) < 4.78 is 36.9. The van der Waals surface area contributed by atoms with Gasteiger partial charge in [-0.05, 0) is 30.0 Å². The summed E-state index contributed by atoms with van der Waals surface area (Å²) >= 11 is 11.7. The number of benzene rings is 1. The van der Waals surface area contributed by atoms with E-state index in [1.54, 1.807) is 18.2 Å². The molecule has 0 spiro atoms. The number of nitrogens with one attached hydrogen (secondary N) is 1. The number of amides is 1. The van der Waals surface area contributed by atoms with Crippen molar-refractivity contribution in [2.75, 3.05) is 0 Å². The van der Waals surface area contributed by atoms with Crippen LogP contribution in [0.4, 0.5) is 13.2 Å². The Kier molecular flexibility index (Phi) is 5.10. The van der Waals surface area contributed by atoms with Crippen molar-refractivity contribution < 1.29 is 27.9 Å². The summed E-state index contributed by atoms with van der Waals surface area (Å²) in [4.78, 5) is 22.8. The van der Waals surface area contributed by atoms with Gasteiger partial charge >= 0.3 is 12.1 Å². The summed E-state index contributed by atoms with van der Waals surface area (Å²) in [5.74, 6) is -3.20. The number of carbonyl (C=O) groups is 2. The fraction of sp³-hybridized carbons (Fsp3) is 0.429. The quantitative estimate of drug-likeness (QED) is 0.832. The SMILES string of the molecule is O=C(O)C(CC(F)(F)F)NC(=O)C1CC1c1ccc(Cl)c(Cl)c1. The Morgan fingerprint density at radius 3 is 2.48 bits per heavy atom. The maximum absolute atomic E-state index is 12.3. The van der Waals surface area contributed by atoms with E-state index in [4.69, 9.17) is 28.3 Å². The molecule has 0 aromatic heterocycles. The van der Waals surface area contributed by atoms with Gasteiger partial charge in [-0.3, -0.25) is 4.79 Å². The minimum Gasteiger partial charge on any atom is -0.480 e. The van der Waals surface area contributed by atoms with Gasteiger partial charge in [-0.25, -0.2) is 4.79 Å². The highest BCUT2D eigenvalue weighted by Crippen LogP contribution is 2.48. The Balaban J connectivity index is 1.99. The number of rotatable bonds is 5. The normalized spacial score (nSPS) is 21.6. The molecule has 126 valence electrons. The smallest absolute Gasteiger partial charge is 0.391 e. The number of hydrogen-bond acceptors (Lipinski definition) is 2. The molecule has 1 saturated carbocycles. The van der Waals surface area contributed by atoms with E-state index in [1.165, 1.54) is 0 Å². The molecule has 0 saturated heterocycles. The van der Waals surface area contributed by atoms with Gasteiger partial charge in [0.1, 0.15) is 6.04 Å². The van der Waals surface area contributed by atoms with Crippen molar-refractivity contribution in [3.05, 3.63) is 33.8 Å². The average Bonchev–Trinajstić information content (AvgIpc) is 3.20. The monoisotopic (exact) mass is 369 g/mol. The van der Waals surface area contributed by atoms with Gasteiger partial charge in [-0.2, -0.15) is 13.2 Å². The van der Waals surface area contributed by atoms with Gasteiger partial charge < -0.3 is 10.4 Å². The van der Waals surface area contributed by atoms with E-state index in [1.807, 2.05) is 5.32 Å². The van der Waals surface area contributed by atoms with E-state index in [0.717, 1.165) is 5.56 Å². The molecule has 1 aliphatic rings. The van der Waals surface area contributed by atoms with Crippen molar-refractivity contribution >= 4 is 35.1 Å². The first kappa shape index (κ1) is 17.9. The Labute approximate surface area is 139 Å². The van der Waals surface area contributed by atoms with Gasteiger partial charge in [-0.15, -0.1) is 0 Å². The van der Waals surface area contributed by atoms with E-state index < -0.39 is 36.4 Å². The molecule has 1 amide bonds. The lowest BCUT2D eigenvalue weighted by molar-refractivity contribution is -0.160. The number of carboxylic acids is 1. The molecule has 4 nitrogen and oxygen atoms in total. The molecule has 23 heavy (non-hydrogen) atoms. The maximum atomic E-state index is 12.3. The lowest BCUT2D eigenvalue weighted by Gasteiger charge is -2.16. The van der Waals surface area contributed by atoms with Crippen LogP contribution in [0.25, 0.3) is 0 Å². The van der Waals surface area contributed by atoms with Crippen molar-refractivity contribution in [2.45, 2.75) is 31.0 Å². The Hall–Kier alpha value is -1.47. The van der Waals surface area contributed by atoms with Gasteiger partial charge in [0, 0.05) is 5.92 Å². The molecule has 0 heterocycles. The number of carbonyl (C=O) groups excluding carboxylic acids is 1. The van der Waals surface area contributed by atoms with Crippen LogP contribution in [0.1, 0.15) is 24.3 Å². The van der Waals surface area contributed by atoms with Gasteiger partial charge in [0.25, 0.3) is 0 Å². The van der Waals surface area contributed by atoms with Crippen molar-refractivity contribution in [1.29, 1.82) is 0 Å². The molecule has 1 aromatic rings. The van der Waals surface area contributed by atoms with Crippen LogP contribution in [0.15, 0.2) is 18.2 Å². The zero-order chi connectivity index (χ0) is 17.4. The second-order valence-corrected chi connectivity index (χ2v) is 6.16. The molecule has 0 bridgehead atoms. The van der Waals surface area contributed by atoms with E-state index in [0.29, 0.717) is 16.5 Å². The Morgan fingerprint density at radius 2 is 1.96 bits per heavy atom. The largest absolute Gasteiger partial charge is 0.480 e. The Bertz CT molecular complexity index is 636. The Morgan fingerprint density at radius 1 is 1.30 bits per heavy atom. The fourth-order valence-electron chi connectivity index (χ4n) is 2.31. The zero-order valence-electron chi connectivity index (χ0n) is 11.5. The van der Waals surface area contributed by atoms with Crippen molar-refractivity contribution in [3.63, 3.8) is 0 Å². The number of halogens is 5. The number of carboxylic acid groups (broad SMARTS) is 1. The summed E-state index contributed by atoms with van der Waals surface area (Å²) in [6.07, 6.45) is -5.87. The molecule has 2 N–H and O–H groups in total. The highest BCUT2D eigenvalue weighted by Gasteiger charge is 2.46. The molecule has 1 fully saturated rings. The molecule has 9 heteroatoms. The average molecular weight is 370 g/mol. The number of hydrogen-bond donors (Lipinski definition) is 2. The van der Waals surface area contributed by atoms with Gasteiger partial charge in [0.15, 0.2) is 0 Å². The summed E-state index contributed by atoms with van der Waals surface area (Å²) in [5.41, 5.74) is 0.738. The van der Waals surface area contributed by atoms with Gasteiger partial charge in [-0.1, -0.05) is 29.3 Å². The van der Waals surface area contributed by atoms with Crippen molar-refractivity contribution in [2.24, 2.45) is 5.92 Å². The summed E-state index contributed by atoms with van der Waals surface area (Å²) in [6, 6.07) is 2.84.